The minimum Gasteiger partial charge on any atom is -0.318 e. The molecule has 5 heteroatoms. The molecule has 0 bridgehead atoms. The van der Waals surface area contributed by atoms with Crippen LogP contribution in [0, 0.1) is 13.8 Å². The van der Waals surface area contributed by atoms with Gasteiger partial charge in [-0.2, -0.15) is 0 Å². The number of ketones is 1. The highest BCUT2D eigenvalue weighted by atomic mass is 16.2. The predicted octanol–water partition coefficient (Wildman–Crippen LogP) is 3.08. The van der Waals surface area contributed by atoms with Crippen LogP contribution in [0.25, 0.3) is 0 Å². The third-order valence-corrected chi connectivity index (χ3v) is 3.45. The van der Waals surface area contributed by atoms with Gasteiger partial charge in [0.2, 0.25) is 0 Å². The maximum Gasteiger partial charge on any atom is 0.314 e. The summed E-state index contributed by atoms with van der Waals surface area (Å²) in [6.07, 6.45) is 0. The van der Waals surface area contributed by atoms with Crippen molar-refractivity contribution in [2.75, 3.05) is 10.6 Å². The van der Waals surface area contributed by atoms with E-state index in [0.29, 0.717) is 16.9 Å². The molecule has 0 unspecified atom stereocenters. The molecule has 0 saturated carbocycles. The Labute approximate surface area is 134 Å². The Kier molecular flexibility index (Phi) is 4.91. The number of Topliss-reactive ketones (excluding diaryl/α,β-unsaturated/α-hetero) is 1. The van der Waals surface area contributed by atoms with E-state index in [0.717, 1.165) is 11.1 Å². The van der Waals surface area contributed by atoms with Crippen LogP contribution in [0.5, 0.6) is 0 Å². The minimum atomic E-state index is -0.784. The Balaban J connectivity index is 2.10. The fourth-order valence-electron chi connectivity index (χ4n) is 2.19. The summed E-state index contributed by atoms with van der Waals surface area (Å²) in [4.78, 5) is 35.4. The molecule has 0 aliphatic carbocycles. The highest BCUT2D eigenvalue weighted by Gasteiger charge is 2.16. The number of hydrogen-bond donors (Lipinski definition) is 2. The van der Waals surface area contributed by atoms with Gasteiger partial charge in [0.25, 0.3) is 0 Å². The molecule has 0 spiro atoms. The van der Waals surface area contributed by atoms with E-state index < -0.39 is 11.8 Å². The van der Waals surface area contributed by atoms with Crippen LogP contribution in [-0.2, 0) is 9.59 Å². The lowest BCUT2D eigenvalue weighted by Gasteiger charge is -2.11. The molecular formula is C18H18N2O3. The van der Waals surface area contributed by atoms with Gasteiger partial charge in [0.05, 0.1) is 0 Å². The maximum absolute atomic E-state index is 12.0. The number of carbonyl (C=O) groups is 3. The van der Waals surface area contributed by atoms with E-state index in [9.17, 15) is 14.4 Å². The van der Waals surface area contributed by atoms with Gasteiger partial charge in [-0.15, -0.1) is 0 Å². The Hall–Kier alpha value is -2.95. The Morgan fingerprint density at radius 3 is 2.00 bits per heavy atom. The molecular weight excluding hydrogens is 292 g/mol. The highest BCUT2D eigenvalue weighted by molar-refractivity contribution is 6.43. The minimum absolute atomic E-state index is 0.110. The first-order chi connectivity index (χ1) is 10.9. The van der Waals surface area contributed by atoms with Gasteiger partial charge in [0.1, 0.15) is 0 Å². The highest BCUT2D eigenvalue weighted by Crippen LogP contribution is 2.19. The molecule has 0 fully saturated rings. The van der Waals surface area contributed by atoms with Crippen LogP contribution in [0.4, 0.5) is 11.4 Å². The van der Waals surface area contributed by atoms with E-state index in [1.54, 1.807) is 18.2 Å². The first kappa shape index (κ1) is 16.4. The van der Waals surface area contributed by atoms with Crippen molar-refractivity contribution in [1.29, 1.82) is 0 Å². The fourth-order valence-corrected chi connectivity index (χ4v) is 2.19. The summed E-state index contributed by atoms with van der Waals surface area (Å²) in [6, 6.07) is 12.1. The second-order valence-electron chi connectivity index (χ2n) is 5.31. The zero-order valence-electron chi connectivity index (χ0n) is 13.3. The molecule has 5 nitrogen and oxygen atoms in total. The molecule has 0 aliphatic rings. The van der Waals surface area contributed by atoms with E-state index in [-0.39, 0.29) is 5.78 Å². The number of anilines is 2. The van der Waals surface area contributed by atoms with Crippen molar-refractivity contribution in [2.24, 2.45) is 0 Å². The molecule has 118 valence electrons. The van der Waals surface area contributed by atoms with Crippen LogP contribution < -0.4 is 10.6 Å². The van der Waals surface area contributed by atoms with Crippen molar-refractivity contribution in [3.05, 3.63) is 59.2 Å². The van der Waals surface area contributed by atoms with E-state index in [4.69, 9.17) is 0 Å². The van der Waals surface area contributed by atoms with Gasteiger partial charge in [-0.3, -0.25) is 14.4 Å². The van der Waals surface area contributed by atoms with E-state index in [1.165, 1.54) is 13.0 Å². The average molecular weight is 310 g/mol. The third-order valence-electron chi connectivity index (χ3n) is 3.45. The summed E-state index contributed by atoms with van der Waals surface area (Å²) >= 11 is 0. The quantitative estimate of drug-likeness (QED) is 0.675. The number of aryl methyl sites for hydroxylation is 2. The smallest absolute Gasteiger partial charge is 0.314 e. The zero-order valence-corrected chi connectivity index (χ0v) is 13.3. The molecule has 2 aromatic rings. The summed E-state index contributed by atoms with van der Waals surface area (Å²) < 4.78 is 0. The number of carbonyl (C=O) groups excluding carboxylic acids is 3. The summed E-state index contributed by atoms with van der Waals surface area (Å²) in [5, 5.41) is 5.11. The zero-order chi connectivity index (χ0) is 17.0. The first-order valence-corrected chi connectivity index (χ1v) is 7.18. The van der Waals surface area contributed by atoms with E-state index >= 15 is 0 Å². The molecule has 0 atom stereocenters. The fraction of sp³-hybridized carbons (Fsp3) is 0.167. The van der Waals surface area contributed by atoms with Crippen LogP contribution in [0.2, 0.25) is 0 Å². The van der Waals surface area contributed by atoms with Crippen molar-refractivity contribution in [2.45, 2.75) is 20.8 Å². The van der Waals surface area contributed by atoms with Crippen molar-refractivity contribution in [3.63, 3.8) is 0 Å². The maximum atomic E-state index is 12.0. The molecule has 23 heavy (non-hydrogen) atoms. The predicted molar refractivity (Wildman–Crippen MR) is 89.6 cm³/mol. The van der Waals surface area contributed by atoms with E-state index in [2.05, 4.69) is 10.6 Å². The van der Waals surface area contributed by atoms with Gasteiger partial charge in [0, 0.05) is 16.9 Å². The molecule has 0 saturated heterocycles. The lowest BCUT2D eigenvalue weighted by molar-refractivity contribution is -0.133. The van der Waals surface area contributed by atoms with Crippen LogP contribution in [0.3, 0.4) is 0 Å². The van der Waals surface area contributed by atoms with Gasteiger partial charge in [-0.25, -0.2) is 0 Å². The van der Waals surface area contributed by atoms with Crippen molar-refractivity contribution >= 4 is 29.0 Å². The topological polar surface area (TPSA) is 75.3 Å². The van der Waals surface area contributed by atoms with Gasteiger partial charge in [-0.05, 0) is 44.0 Å². The Bertz CT molecular complexity index is 761. The average Bonchev–Trinajstić information content (AvgIpc) is 2.51. The summed E-state index contributed by atoms with van der Waals surface area (Å²) in [7, 11) is 0. The Morgan fingerprint density at radius 1 is 0.826 bits per heavy atom. The molecule has 0 heterocycles. The molecule has 2 rings (SSSR count). The second kappa shape index (κ2) is 6.87. The molecule has 2 N–H and O–H groups in total. The summed E-state index contributed by atoms with van der Waals surface area (Å²) in [5.41, 5.74) is 3.26. The molecule has 0 radical (unpaired) electrons. The SMILES string of the molecule is CC(=O)c1cccc(NC(=O)C(=O)Nc2c(C)cccc2C)c1. The van der Waals surface area contributed by atoms with E-state index in [1.807, 2.05) is 32.0 Å². The first-order valence-electron chi connectivity index (χ1n) is 7.18. The van der Waals surface area contributed by atoms with Crippen molar-refractivity contribution < 1.29 is 14.4 Å². The number of hydrogen-bond acceptors (Lipinski definition) is 3. The lowest BCUT2D eigenvalue weighted by Crippen LogP contribution is -2.29. The molecule has 0 aromatic heterocycles. The molecule has 2 amide bonds. The van der Waals surface area contributed by atoms with Gasteiger partial charge < -0.3 is 10.6 Å². The molecule has 0 aliphatic heterocycles. The normalized spacial score (nSPS) is 10.0. The Morgan fingerprint density at radius 2 is 1.39 bits per heavy atom. The van der Waals surface area contributed by atoms with Crippen LogP contribution in [0.1, 0.15) is 28.4 Å². The number of amides is 2. The standard InChI is InChI=1S/C18H18N2O3/c1-11-6-4-7-12(2)16(11)20-18(23)17(22)19-15-9-5-8-14(10-15)13(3)21/h4-10H,1-3H3,(H,19,22)(H,20,23). The van der Waals surface area contributed by atoms with Crippen LogP contribution >= 0.6 is 0 Å². The summed E-state index contributed by atoms with van der Waals surface area (Å²) in [5.74, 6) is -1.65. The number of rotatable bonds is 3. The summed E-state index contributed by atoms with van der Waals surface area (Å²) in [6.45, 7) is 5.16. The molecule has 2 aromatic carbocycles. The monoisotopic (exact) mass is 310 g/mol. The number of nitrogens with one attached hydrogen (secondary N) is 2. The van der Waals surface area contributed by atoms with Crippen LogP contribution in [0.15, 0.2) is 42.5 Å². The van der Waals surface area contributed by atoms with Crippen LogP contribution in [-0.4, -0.2) is 17.6 Å². The van der Waals surface area contributed by atoms with Crippen molar-refractivity contribution in [3.8, 4) is 0 Å². The lowest BCUT2D eigenvalue weighted by atomic mass is 10.1. The number of para-hydroxylation sites is 1. The number of benzene rings is 2. The third kappa shape index (κ3) is 4.03. The van der Waals surface area contributed by atoms with Gasteiger partial charge in [-0.1, -0.05) is 30.3 Å². The second-order valence-corrected chi connectivity index (χ2v) is 5.31. The van der Waals surface area contributed by atoms with Gasteiger partial charge >= 0.3 is 11.8 Å². The van der Waals surface area contributed by atoms with Gasteiger partial charge in [0.15, 0.2) is 5.78 Å². The largest absolute Gasteiger partial charge is 0.318 e. The van der Waals surface area contributed by atoms with Crippen molar-refractivity contribution in [1.82, 2.24) is 0 Å².